The molecule has 6 heteroatoms. The second kappa shape index (κ2) is 6.22. The van der Waals surface area contributed by atoms with Gasteiger partial charge in [-0.25, -0.2) is 0 Å². The molecule has 3 unspecified atom stereocenters. The summed E-state index contributed by atoms with van der Waals surface area (Å²) in [5.74, 6) is 3.09. The van der Waals surface area contributed by atoms with Crippen LogP contribution < -0.4 is 5.32 Å². The summed E-state index contributed by atoms with van der Waals surface area (Å²) in [6, 6.07) is 1.71. The fraction of sp³-hybridized carbons (Fsp3) is 0.722. The molecule has 3 atom stereocenters. The van der Waals surface area contributed by atoms with Crippen molar-refractivity contribution < 1.29 is 14.1 Å². The molecule has 4 rings (SSSR count). The first kappa shape index (κ1) is 15.7. The van der Waals surface area contributed by atoms with Gasteiger partial charge in [0.25, 0.3) is 0 Å². The number of aromatic nitrogens is 1. The van der Waals surface area contributed by atoms with Crippen molar-refractivity contribution >= 4 is 17.6 Å². The monoisotopic (exact) mass is 331 g/mol. The van der Waals surface area contributed by atoms with E-state index in [0.29, 0.717) is 36.5 Å². The van der Waals surface area contributed by atoms with Crippen molar-refractivity contribution in [1.29, 1.82) is 0 Å². The minimum absolute atomic E-state index is 0.0182. The van der Waals surface area contributed by atoms with Crippen LogP contribution in [0.1, 0.15) is 44.3 Å². The van der Waals surface area contributed by atoms with Crippen molar-refractivity contribution in [3.63, 3.8) is 0 Å². The van der Waals surface area contributed by atoms with E-state index >= 15 is 0 Å². The van der Waals surface area contributed by atoms with E-state index in [4.69, 9.17) is 4.52 Å². The zero-order valence-corrected chi connectivity index (χ0v) is 14.2. The van der Waals surface area contributed by atoms with Crippen molar-refractivity contribution in [3.8, 4) is 0 Å². The SMILES string of the molecule is Cc1cc(NC(=O)C2CCN(C(=O)C3CC4CCC3C4)CC2)no1. The Bertz CT molecular complexity index is 633. The number of aryl methyl sites for hydroxylation is 1. The third-order valence-electron chi connectivity index (χ3n) is 6.11. The predicted molar refractivity (Wildman–Crippen MR) is 88.1 cm³/mol. The molecular weight excluding hydrogens is 306 g/mol. The highest BCUT2D eigenvalue weighted by atomic mass is 16.5. The number of nitrogens with one attached hydrogen (secondary N) is 1. The topological polar surface area (TPSA) is 75.4 Å². The smallest absolute Gasteiger partial charge is 0.228 e. The second-order valence-corrected chi connectivity index (χ2v) is 7.69. The minimum atomic E-state index is -0.0499. The van der Waals surface area contributed by atoms with Gasteiger partial charge in [0.15, 0.2) is 5.82 Å². The number of amides is 2. The maximum absolute atomic E-state index is 12.8. The predicted octanol–water partition coefficient (Wildman–Crippen LogP) is 2.60. The summed E-state index contributed by atoms with van der Waals surface area (Å²) in [5.41, 5.74) is 0. The van der Waals surface area contributed by atoms with Gasteiger partial charge in [-0.2, -0.15) is 0 Å². The molecule has 0 radical (unpaired) electrons. The average molecular weight is 331 g/mol. The average Bonchev–Trinajstić information content (AvgIpc) is 3.31. The van der Waals surface area contributed by atoms with Crippen molar-refractivity contribution in [2.24, 2.45) is 23.7 Å². The standard InChI is InChI=1S/C18H25N3O3/c1-11-8-16(20-24-11)19-17(22)13-4-6-21(7-5-13)18(23)15-10-12-2-3-14(15)9-12/h8,12-15H,2-7,9-10H2,1H3,(H,19,20,22). The van der Waals surface area contributed by atoms with E-state index in [9.17, 15) is 9.59 Å². The second-order valence-electron chi connectivity index (χ2n) is 7.69. The molecule has 0 aromatic carbocycles. The summed E-state index contributed by atoms with van der Waals surface area (Å²) in [6.45, 7) is 3.19. The Labute approximate surface area is 141 Å². The van der Waals surface area contributed by atoms with Crippen molar-refractivity contribution in [3.05, 3.63) is 11.8 Å². The Balaban J connectivity index is 1.28. The largest absolute Gasteiger partial charge is 0.360 e. The van der Waals surface area contributed by atoms with Crippen LogP contribution in [0.15, 0.2) is 10.6 Å². The number of likely N-dealkylation sites (tertiary alicyclic amines) is 1. The zero-order chi connectivity index (χ0) is 16.7. The quantitative estimate of drug-likeness (QED) is 0.924. The maximum Gasteiger partial charge on any atom is 0.228 e. The molecule has 2 amide bonds. The lowest BCUT2D eigenvalue weighted by Gasteiger charge is -2.34. The van der Waals surface area contributed by atoms with Crippen molar-refractivity contribution in [1.82, 2.24) is 10.1 Å². The van der Waals surface area contributed by atoms with Crippen LogP contribution in [0.5, 0.6) is 0 Å². The lowest BCUT2D eigenvalue weighted by molar-refractivity contribution is -0.140. The summed E-state index contributed by atoms with van der Waals surface area (Å²) in [6.07, 6.45) is 6.36. The minimum Gasteiger partial charge on any atom is -0.360 e. The van der Waals surface area contributed by atoms with Gasteiger partial charge in [0, 0.05) is 31.0 Å². The first-order valence-electron chi connectivity index (χ1n) is 9.13. The third-order valence-corrected chi connectivity index (χ3v) is 6.11. The van der Waals surface area contributed by atoms with E-state index in [1.165, 1.54) is 19.3 Å². The van der Waals surface area contributed by atoms with Gasteiger partial charge in [0.05, 0.1) is 0 Å². The summed E-state index contributed by atoms with van der Waals surface area (Å²) >= 11 is 0. The van der Waals surface area contributed by atoms with E-state index in [2.05, 4.69) is 10.5 Å². The molecule has 24 heavy (non-hydrogen) atoms. The third kappa shape index (κ3) is 2.94. The summed E-state index contributed by atoms with van der Waals surface area (Å²) in [5, 5.41) is 6.60. The summed E-state index contributed by atoms with van der Waals surface area (Å²) in [7, 11) is 0. The molecule has 1 aliphatic heterocycles. The molecule has 0 spiro atoms. The molecule has 2 bridgehead atoms. The van der Waals surface area contributed by atoms with Crippen molar-refractivity contribution in [2.75, 3.05) is 18.4 Å². The van der Waals surface area contributed by atoms with E-state index in [-0.39, 0.29) is 17.7 Å². The fourth-order valence-corrected chi connectivity index (χ4v) is 4.80. The Morgan fingerprint density at radius 1 is 1.21 bits per heavy atom. The molecule has 130 valence electrons. The molecule has 2 heterocycles. The molecule has 1 saturated heterocycles. The van der Waals surface area contributed by atoms with Crippen molar-refractivity contribution in [2.45, 2.75) is 45.4 Å². The number of nitrogens with zero attached hydrogens (tertiary/aromatic N) is 2. The van der Waals surface area contributed by atoms with Gasteiger partial charge in [0.1, 0.15) is 5.76 Å². The maximum atomic E-state index is 12.8. The number of hydrogen-bond acceptors (Lipinski definition) is 4. The van der Waals surface area contributed by atoms with E-state index < -0.39 is 0 Å². The number of anilines is 1. The van der Waals surface area contributed by atoms with Gasteiger partial charge in [-0.3, -0.25) is 9.59 Å². The van der Waals surface area contributed by atoms with Crippen LogP contribution in [0.3, 0.4) is 0 Å². The number of carbonyl (C=O) groups is 2. The molecule has 3 fully saturated rings. The number of hydrogen-bond donors (Lipinski definition) is 1. The normalized spacial score (nSPS) is 29.9. The van der Waals surface area contributed by atoms with Crippen LogP contribution in [0.2, 0.25) is 0 Å². The zero-order valence-electron chi connectivity index (χ0n) is 14.2. The van der Waals surface area contributed by atoms with Crippen LogP contribution in [0, 0.1) is 30.6 Å². The summed E-state index contributed by atoms with van der Waals surface area (Å²) < 4.78 is 4.96. The van der Waals surface area contributed by atoms with Gasteiger partial charge in [-0.1, -0.05) is 11.6 Å². The van der Waals surface area contributed by atoms with E-state index in [1.54, 1.807) is 13.0 Å². The molecule has 2 aliphatic carbocycles. The van der Waals surface area contributed by atoms with Crippen LogP contribution >= 0.6 is 0 Å². The highest BCUT2D eigenvalue weighted by molar-refractivity contribution is 5.92. The van der Waals surface area contributed by atoms with Crippen LogP contribution in [0.25, 0.3) is 0 Å². The lowest BCUT2D eigenvalue weighted by Crippen LogP contribution is -2.45. The molecule has 1 N–H and O–H groups in total. The van der Waals surface area contributed by atoms with Gasteiger partial charge in [-0.05, 0) is 50.9 Å². The molecular formula is C18H25N3O3. The van der Waals surface area contributed by atoms with Gasteiger partial charge in [0.2, 0.25) is 11.8 Å². The molecule has 1 aromatic heterocycles. The first-order chi connectivity index (χ1) is 11.6. The molecule has 2 saturated carbocycles. The number of fused-ring (bicyclic) bond motifs is 2. The van der Waals surface area contributed by atoms with Gasteiger partial charge in [-0.15, -0.1) is 0 Å². The van der Waals surface area contributed by atoms with Crippen LogP contribution in [-0.4, -0.2) is 35.0 Å². The number of piperidine rings is 1. The number of carbonyl (C=O) groups excluding carboxylic acids is 2. The Morgan fingerprint density at radius 3 is 2.58 bits per heavy atom. The Hall–Kier alpha value is -1.85. The first-order valence-corrected chi connectivity index (χ1v) is 9.13. The highest BCUT2D eigenvalue weighted by Gasteiger charge is 2.44. The number of rotatable bonds is 3. The fourth-order valence-electron chi connectivity index (χ4n) is 4.80. The molecule has 6 nitrogen and oxygen atoms in total. The molecule has 3 aliphatic rings. The highest BCUT2D eigenvalue weighted by Crippen LogP contribution is 2.49. The van der Waals surface area contributed by atoms with Gasteiger partial charge < -0.3 is 14.7 Å². The van der Waals surface area contributed by atoms with E-state index in [1.807, 2.05) is 4.90 Å². The summed E-state index contributed by atoms with van der Waals surface area (Å²) in [4.78, 5) is 27.1. The lowest BCUT2D eigenvalue weighted by atomic mass is 9.86. The Kier molecular flexibility index (Phi) is 4.06. The Morgan fingerprint density at radius 2 is 2.00 bits per heavy atom. The van der Waals surface area contributed by atoms with Crippen LogP contribution in [-0.2, 0) is 9.59 Å². The molecule has 1 aromatic rings. The van der Waals surface area contributed by atoms with Crippen LogP contribution in [0.4, 0.5) is 5.82 Å². The van der Waals surface area contributed by atoms with E-state index in [0.717, 1.165) is 25.2 Å². The van der Waals surface area contributed by atoms with Gasteiger partial charge >= 0.3 is 0 Å².